The summed E-state index contributed by atoms with van der Waals surface area (Å²) in [6, 6.07) is 12.7. The molecule has 0 radical (unpaired) electrons. The fraction of sp³-hybridized carbons (Fsp3) is 0.273. The highest BCUT2D eigenvalue weighted by atomic mass is 32.1. The average molecular weight is 406 g/mol. The van der Waals surface area contributed by atoms with Crippen molar-refractivity contribution in [2.24, 2.45) is 0 Å². The van der Waals surface area contributed by atoms with E-state index < -0.39 is 0 Å². The Morgan fingerprint density at radius 1 is 1.24 bits per heavy atom. The number of pyridine rings is 1. The van der Waals surface area contributed by atoms with Crippen LogP contribution >= 0.6 is 11.3 Å². The van der Waals surface area contributed by atoms with E-state index in [0.29, 0.717) is 6.04 Å². The summed E-state index contributed by atoms with van der Waals surface area (Å²) in [5.74, 6) is 0.0984. The van der Waals surface area contributed by atoms with Crippen LogP contribution in [0.3, 0.4) is 0 Å². The Balaban J connectivity index is 1.42. The number of likely N-dealkylation sites (N-methyl/N-ethyl adjacent to an activating group) is 1. The van der Waals surface area contributed by atoms with Gasteiger partial charge in [0.05, 0.1) is 20.8 Å². The summed E-state index contributed by atoms with van der Waals surface area (Å²) in [6.07, 6.45) is 1.79. The van der Waals surface area contributed by atoms with E-state index in [1.165, 1.54) is 16.7 Å². The summed E-state index contributed by atoms with van der Waals surface area (Å²) in [5.41, 5.74) is 5.11. The Morgan fingerprint density at radius 3 is 2.86 bits per heavy atom. The number of nitrogens with zero attached hydrogens (tertiary/aromatic N) is 3. The second kappa shape index (κ2) is 6.86. The Kier molecular flexibility index (Phi) is 4.29. The highest BCUT2D eigenvalue weighted by molar-refractivity contribution is 7.21. The molecule has 6 nitrogen and oxygen atoms in total. The van der Waals surface area contributed by atoms with Crippen molar-refractivity contribution in [1.29, 1.82) is 0 Å². The summed E-state index contributed by atoms with van der Waals surface area (Å²) >= 11 is 1.51. The van der Waals surface area contributed by atoms with Crippen LogP contribution in [0, 0.1) is 6.92 Å². The van der Waals surface area contributed by atoms with Gasteiger partial charge >= 0.3 is 0 Å². The molecule has 0 atom stereocenters. The molecule has 5 rings (SSSR count). The van der Waals surface area contributed by atoms with Crippen LogP contribution in [-0.4, -0.2) is 58.9 Å². The molecule has 1 saturated heterocycles. The SMILES string of the molecule is Cc1cc2cc(Nc3ccnc4cc(C(=O)N5CC(N(C)C)C5)sc34)ccc2[nH]1. The van der Waals surface area contributed by atoms with Crippen LogP contribution in [0.1, 0.15) is 15.4 Å². The molecule has 1 fully saturated rings. The summed E-state index contributed by atoms with van der Waals surface area (Å²) in [7, 11) is 4.11. The largest absolute Gasteiger partial charge is 0.359 e. The van der Waals surface area contributed by atoms with Crippen molar-refractivity contribution in [1.82, 2.24) is 19.8 Å². The number of fused-ring (bicyclic) bond motifs is 2. The monoisotopic (exact) mass is 405 g/mol. The Bertz CT molecular complexity index is 1220. The van der Waals surface area contributed by atoms with E-state index in [1.807, 2.05) is 17.0 Å². The Hall–Kier alpha value is -2.90. The third-order valence-corrected chi connectivity index (χ3v) is 6.68. The van der Waals surface area contributed by atoms with E-state index in [1.54, 1.807) is 6.20 Å². The fourth-order valence-corrected chi connectivity index (χ4v) is 4.81. The first kappa shape index (κ1) is 18.1. The number of thiophene rings is 1. The zero-order chi connectivity index (χ0) is 20.1. The zero-order valence-electron chi connectivity index (χ0n) is 16.7. The van der Waals surface area contributed by atoms with Gasteiger partial charge in [-0.3, -0.25) is 9.78 Å². The number of rotatable bonds is 4. The Morgan fingerprint density at radius 2 is 2.07 bits per heavy atom. The lowest BCUT2D eigenvalue weighted by Crippen LogP contribution is -2.59. The first-order valence-corrected chi connectivity index (χ1v) is 10.5. The van der Waals surface area contributed by atoms with Crippen LogP contribution in [0.25, 0.3) is 21.1 Å². The molecule has 4 heterocycles. The molecule has 1 aliphatic rings. The molecule has 0 saturated carbocycles. The molecule has 1 aliphatic heterocycles. The van der Waals surface area contributed by atoms with Gasteiger partial charge in [-0.1, -0.05) is 0 Å². The van der Waals surface area contributed by atoms with Crippen LogP contribution in [0.15, 0.2) is 42.6 Å². The predicted molar refractivity (Wildman–Crippen MR) is 119 cm³/mol. The minimum atomic E-state index is 0.0984. The van der Waals surface area contributed by atoms with Gasteiger partial charge in [0.2, 0.25) is 0 Å². The first-order valence-electron chi connectivity index (χ1n) is 9.68. The quantitative estimate of drug-likeness (QED) is 0.534. The number of hydrogen-bond acceptors (Lipinski definition) is 5. The van der Waals surface area contributed by atoms with Crippen molar-refractivity contribution < 1.29 is 4.79 Å². The number of aromatic nitrogens is 2. The molecule has 0 bridgehead atoms. The maximum Gasteiger partial charge on any atom is 0.264 e. The minimum Gasteiger partial charge on any atom is -0.359 e. The van der Waals surface area contributed by atoms with E-state index in [-0.39, 0.29) is 5.91 Å². The molecular formula is C22H23N5OS. The smallest absolute Gasteiger partial charge is 0.264 e. The number of anilines is 2. The highest BCUT2D eigenvalue weighted by Gasteiger charge is 2.33. The molecular weight excluding hydrogens is 382 g/mol. The number of amides is 1. The lowest BCUT2D eigenvalue weighted by atomic mass is 10.1. The summed E-state index contributed by atoms with van der Waals surface area (Å²) in [4.78, 5) is 25.5. The molecule has 29 heavy (non-hydrogen) atoms. The average Bonchev–Trinajstić information content (AvgIpc) is 3.22. The molecule has 1 aromatic carbocycles. The van der Waals surface area contributed by atoms with E-state index >= 15 is 0 Å². The maximum absolute atomic E-state index is 12.8. The second-order valence-corrected chi connectivity index (χ2v) is 8.94. The van der Waals surface area contributed by atoms with Crippen LogP contribution in [0.4, 0.5) is 11.4 Å². The number of nitrogens with one attached hydrogen (secondary N) is 2. The van der Waals surface area contributed by atoms with Gasteiger partial charge in [-0.2, -0.15) is 0 Å². The molecule has 4 aromatic rings. The number of carbonyl (C=O) groups excluding carboxylic acids is 1. The number of hydrogen-bond donors (Lipinski definition) is 2. The van der Waals surface area contributed by atoms with Gasteiger partial charge < -0.3 is 20.1 Å². The van der Waals surface area contributed by atoms with Crippen molar-refractivity contribution in [3.8, 4) is 0 Å². The second-order valence-electron chi connectivity index (χ2n) is 7.89. The van der Waals surface area contributed by atoms with E-state index in [4.69, 9.17) is 0 Å². The Labute approximate surface area is 173 Å². The standard InChI is InChI=1S/C22H23N5OS/c1-13-8-14-9-15(4-5-17(14)24-13)25-18-6-7-23-19-10-20(29-21(18)19)22(28)27-11-16(12-27)26(2)3/h4-10,16,24H,11-12H2,1-3H3,(H,23,25). The zero-order valence-corrected chi connectivity index (χ0v) is 17.5. The van der Waals surface area contributed by atoms with Crippen LogP contribution in [-0.2, 0) is 0 Å². The molecule has 2 N–H and O–H groups in total. The number of likely N-dealkylation sites (tertiary alicyclic amines) is 1. The first-order chi connectivity index (χ1) is 14.0. The number of H-pyrrole nitrogens is 1. The number of carbonyl (C=O) groups is 1. The molecule has 0 aliphatic carbocycles. The highest BCUT2D eigenvalue weighted by Crippen LogP contribution is 2.34. The predicted octanol–water partition coefficient (Wildman–Crippen LogP) is 4.22. The van der Waals surface area contributed by atoms with E-state index in [2.05, 4.69) is 65.5 Å². The lowest BCUT2D eigenvalue weighted by Gasteiger charge is -2.42. The number of benzene rings is 1. The molecule has 7 heteroatoms. The van der Waals surface area contributed by atoms with Crippen molar-refractivity contribution in [3.05, 3.63) is 53.2 Å². The topological polar surface area (TPSA) is 64.3 Å². The fourth-order valence-electron chi connectivity index (χ4n) is 3.76. The summed E-state index contributed by atoms with van der Waals surface area (Å²) < 4.78 is 1.01. The third-order valence-electron chi connectivity index (χ3n) is 5.54. The molecule has 3 aromatic heterocycles. The minimum absolute atomic E-state index is 0.0984. The van der Waals surface area contributed by atoms with Crippen molar-refractivity contribution in [2.45, 2.75) is 13.0 Å². The number of aryl methyl sites for hydroxylation is 1. The van der Waals surface area contributed by atoms with Gasteiger partial charge in [0.25, 0.3) is 5.91 Å². The number of aromatic amines is 1. The van der Waals surface area contributed by atoms with Crippen LogP contribution in [0.5, 0.6) is 0 Å². The lowest BCUT2D eigenvalue weighted by molar-refractivity contribution is 0.0404. The van der Waals surface area contributed by atoms with Gasteiger partial charge in [-0.25, -0.2) is 0 Å². The third kappa shape index (κ3) is 3.26. The van der Waals surface area contributed by atoms with E-state index in [9.17, 15) is 4.79 Å². The summed E-state index contributed by atoms with van der Waals surface area (Å²) in [5, 5.41) is 4.68. The molecule has 0 spiro atoms. The van der Waals surface area contributed by atoms with Gasteiger partial charge in [-0.15, -0.1) is 11.3 Å². The van der Waals surface area contributed by atoms with Crippen LogP contribution in [0.2, 0.25) is 0 Å². The van der Waals surface area contributed by atoms with Crippen LogP contribution < -0.4 is 5.32 Å². The normalized spacial score (nSPS) is 14.7. The molecule has 1 amide bonds. The van der Waals surface area contributed by atoms with Gasteiger partial charge in [0.15, 0.2) is 0 Å². The van der Waals surface area contributed by atoms with Gasteiger partial charge in [-0.05, 0) is 57.4 Å². The maximum atomic E-state index is 12.8. The molecule has 148 valence electrons. The van der Waals surface area contributed by atoms with E-state index in [0.717, 1.165) is 50.8 Å². The van der Waals surface area contributed by atoms with Crippen molar-refractivity contribution >= 4 is 49.7 Å². The van der Waals surface area contributed by atoms with Crippen molar-refractivity contribution in [2.75, 3.05) is 32.5 Å². The van der Waals surface area contributed by atoms with Gasteiger partial charge in [0.1, 0.15) is 0 Å². The molecule has 0 unspecified atom stereocenters. The summed E-state index contributed by atoms with van der Waals surface area (Å²) in [6.45, 7) is 3.63. The van der Waals surface area contributed by atoms with Gasteiger partial charge in [0, 0.05) is 47.6 Å². The van der Waals surface area contributed by atoms with Crippen molar-refractivity contribution in [3.63, 3.8) is 0 Å².